The predicted octanol–water partition coefficient (Wildman–Crippen LogP) is 0.584. The Labute approximate surface area is 126 Å². The Balaban J connectivity index is 1.46. The van der Waals surface area contributed by atoms with E-state index in [1.807, 2.05) is 7.05 Å². The molecule has 2 aliphatic rings. The van der Waals surface area contributed by atoms with E-state index < -0.39 is 0 Å². The van der Waals surface area contributed by atoms with E-state index in [1.165, 1.54) is 12.8 Å². The minimum Gasteiger partial charge on any atom is -0.381 e. The average molecular weight is 294 g/mol. The van der Waals surface area contributed by atoms with Crippen LogP contribution in [0.25, 0.3) is 0 Å². The van der Waals surface area contributed by atoms with Crippen molar-refractivity contribution in [3.63, 3.8) is 0 Å². The smallest absolute Gasteiger partial charge is 0.245 e. The van der Waals surface area contributed by atoms with Crippen LogP contribution in [-0.4, -0.2) is 58.6 Å². The van der Waals surface area contributed by atoms with Crippen LogP contribution in [0.3, 0.4) is 0 Å². The van der Waals surface area contributed by atoms with Gasteiger partial charge in [0.15, 0.2) is 0 Å². The van der Waals surface area contributed by atoms with Gasteiger partial charge in [-0.3, -0.25) is 0 Å². The van der Waals surface area contributed by atoms with Gasteiger partial charge in [0, 0.05) is 45.4 Å². The second kappa shape index (κ2) is 6.70. The summed E-state index contributed by atoms with van der Waals surface area (Å²) in [5.41, 5.74) is 0. The Bertz CT molecular complexity index is 436. The minimum absolute atomic E-state index is 0.585. The number of nitrogens with one attached hydrogen (secondary N) is 1. The summed E-state index contributed by atoms with van der Waals surface area (Å²) >= 11 is 0. The molecule has 0 aliphatic carbocycles. The number of hydrogen-bond acceptors (Lipinski definition) is 6. The van der Waals surface area contributed by atoms with E-state index in [0.29, 0.717) is 12.1 Å². The molecular weight excluding hydrogens is 268 g/mol. The van der Waals surface area contributed by atoms with Crippen molar-refractivity contribution >= 4 is 5.95 Å². The van der Waals surface area contributed by atoms with Crippen molar-refractivity contribution < 1.29 is 4.74 Å². The molecule has 0 radical (unpaired) electrons. The van der Waals surface area contributed by atoms with Crippen molar-refractivity contribution in [2.45, 2.75) is 44.7 Å². The number of aryl methyl sites for hydroxylation is 1. The van der Waals surface area contributed by atoms with E-state index in [9.17, 15) is 0 Å². The summed E-state index contributed by atoms with van der Waals surface area (Å²) < 4.78 is 7.20. The molecule has 7 nitrogen and oxygen atoms in total. The molecule has 118 valence electrons. The van der Waals surface area contributed by atoms with Gasteiger partial charge >= 0.3 is 0 Å². The number of piperidine rings is 1. The van der Waals surface area contributed by atoms with Crippen LogP contribution in [0.1, 0.15) is 32.6 Å². The lowest BCUT2D eigenvalue weighted by atomic mass is 9.91. The van der Waals surface area contributed by atoms with Crippen LogP contribution in [0.4, 0.5) is 5.95 Å². The van der Waals surface area contributed by atoms with Crippen LogP contribution >= 0.6 is 0 Å². The molecule has 3 heterocycles. The molecule has 1 atom stereocenters. The maximum Gasteiger partial charge on any atom is 0.245 e. The van der Waals surface area contributed by atoms with Gasteiger partial charge in [0.2, 0.25) is 5.95 Å². The molecule has 2 fully saturated rings. The zero-order valence-electron chi connectivity index (χ0n) is 13.0. The number of ether oxygens (including phenoxy) is 1. The Kier molecular flexibility index (Phi) is 4.70. The standard InChI is InChI=1S/C14H26N6O/c1-11(12-5-9-21-10-6-12)15-13-3-7-20(8-4-13)14-16-17-18-19(14)2/h11-13,15H,3-10H2,1-2H3. The lowest BCUT2D eigenvalue weighted by Crippen LogP contribution is -2.48. The molecule has 0 saturated carbocycles. The van der Waals surface area contributed by atoms with Gasteiger partial charge in [0.25, 0.3) is 0 Å². The molecule has 2 saturated heterocycles. The topological polar surface area (TPSA) is 68.1 Å². The fourth-order valence-electron chi connectivity index (χ4n) is 3.46. The van der Waals surface area contributed by atoms with Gasteiger partial charge in [-0.15, -0.1) is 0 Å². The summed E-state index contributed by atoms with van der Waals surface area (Å²) in [6, 6.07) is 1.20. The Morgan fingerprint density at radius 3 is 2.52 bits per heavy atom. The molecule has 1 unspecified atom stereocenters. The molecule has 1 aromatic rings. The van der Waals surface area contributed by atoms with Crippen LogP contribution in [0.2, 0.25) is 0 Å². The zero-order chi connectivity index (χ0) is 14.7. The van der Waals surface area contributed by atoms with Gasteiger partial charge < -0.3 is 15.0 Å². The molecule has 2 aliphatic heterocycles. The summed E-state index contributed by atoms with van der Waals surface area (Å²) in [5, 5.41) is 15.5. The lowest BCUT2D eigenvalue weighted by molar-refractivity contribution is 0.0539. The van der Waals surface area contributed by atoms with Crippen LogP contribution in [0.15, 0.2) is 0 Å². The van der Waals surface area contributed by atoms with Crippen molar-refractivity contribution in [3.05, 3.63) is 0 Å². The van der Waals surface area contributed by atoms with Crippen molar-refractivity contribution in [2.75, 3.05) is 31.2 Å². The summed E-state index contributed by atoms with van der Waals surface area (Å²) in [4.78, 5) is 2.28. The second-order valence-corrected chi connectivity index (χ2v) is 6.27. The monoisotopic (exact) mass is 294 g/mol. The highest BCUT2D eigenvalue weighted by Crippen LogP contribution is 2.21. The minimum atomic E-state index is 0.585. The lowest BCUT2D eigenvalue weighted by Gasteiger charge is -2.36. The van der Waals surface area contributed by atoms with E-state index in [1.54, 1.807) is 4.68 Å². The first-order chi connectivity index (χ1) is 10.2. The Morgan fingerprint density at radius 2 is 1.90 bits per heavy atom. The summed E-state index contributed by atoms with van der Waals surface area (Å²) in [7, 11) is 1.90. The SMILES string of the molecule is CC(NC1CCN(c2nnnn2C)CC1)C1CCOCC1. The van der Waals surface area contributed by atoms with Gasteiger partial charge in [0.1, 0.15) is 0 Å². The third kappa shape index (κ3) is 3.52. The first kappa shape index (κ1) is 14.7. The zero-order valence-corrected chi connectivity index (χ0v) is 13.0. The molecule has 0 amide bonds. The first-order valence-electron chi connectivity index (χ1n) is 8.05. The number of aromatic nitrogens is 4. The predicted molar refractivity (Wildman–Crippen MR) is 80.2 cm³/mol. The third-order valence-corrected chi connectivity index (χ3v) is 4.85. The van der Waals surface area contributed by atoms with Crippen molar-refractivity contribution in [1.29, 1.82) is 0 Å². The summed E-state index contributed by atoms with van der Waals surface area (Å²) in [6.07, 6.45) is 4.69. The largest absolute Gasteiger partial charge is 0.381 e. The summed E-state index contributed by atoms with van der Waals surface area (Å²) in [5.74, 6) is 1.64. The second-order valence-electron chi connectivity index (χ2n) is 6.27. The third-order valence-electron chi connectivity index (χ3n) is 4.85. The Hall–Kier alpha value is -1.21. The van der Waals surface area contributed by atoms with Crippen LogP contribution in [0, 0.1) is 5.92 Å². The van der Waals surface area contributed by atoms with Gasteiger partial charge in [-0.25, -0.2) is 4.68 Å². The van der Waals surface area contributed by atoms with E-state index in [0.717, 1.165) is 51.0 Å². The molecule has 1 N–H and O–H groups in total. The molecule has 0 aromatic carbocycles. The van der Waals surface area contributed by atoms with E-state index in [2.05, 4.69) is 32.7 Å². The number of rotatable bonds is 4. The first-order valence-corrected chi connectivity index (χ1v) is 8.05. The highest BCUT2D eigenvalue weighted by molar-refractivity contribution is 5.28. The number of anilines is 1. The number of tetrazole rings is 1. The fourth-order valence-corrected chi connectivity index (χ4v) is 3.46. The van der Waals surface area contributed by atoms with E-state index >= 15 is 0 Å². The molecule has 0 spiro atoms. The molecule has 7 heteroatoms. The van der Waals surface area contributed by atoms with Crippen molar-refractivity contribution in [3.8, 4) is 0 Å². The van der Waals surface area contributed by atoms with Crippen molar-refractivity contribution in [2.24, 2.45) is 13.0 Å². The Morgan fingerprint density at radius 1 is 1.19 bits per heavy atom. The van der Waals surface area contributed by atoms with E-state index in [-0.39, 0.29) is 0 Å². The maximum atomic E-state index is 5.45. The number of nitrogens with zero attached hydrogens (tertiary/aromatic N) is 5. The van der Waals surface area contributed by atoms with Gasteiger partial charge in [-0.2, -0.15) is 0 Å². The quantitative estimate of drug-likeness (QED) is 0.876. The average Bonchev–Trinajstić information content (AvgIpc) is 2.95. The molecule has 1 aromatic heterocycles. The van der Waals surface area contributed by atoms with Crippen molar-refractivity contribution in [1.82, 2.24) is 25.5 Å². The fraction of sp³-hybridized carbons (Fsp3) is 0.929. The molecular formula is C14H26N6O. The number of hydrogen-bond donors (Lipinski definition) is 1. The van der Waals surface area contributed by atoms with Crippen LogP contribution in [0.5, 0.6) is 0 Å². The normalized spacial score (nSPS) is 23.4. The van der Waals surface area contributed by atoms with Gasteiger partial charge in [-0.1, -0.05) is 5.10 Å². The summed E-state index contributed by atoms with van der Waals surface area (Å²) in [6.45, 7) is 6.22. The van der Waals surface area contributed by atoms with Gasteiger partial charge in [0.05, 0.1) is 0 Å². The van der Waals surface area contributed by atoms with Crippen LogP contribution in [-0.2, 0) is 11.8 Å². The molecule has 21 heavy (non-hydrogen) atoms. The highest BCUT2D eigenvalue weighted by atomic mass is 16.5. The molecule has 3 rings (SSSR count). The maximum absolute atomic E-state index is 5.45. The van der Waals surface area contributed by atoms with E-state index in [4.69, 9.17) is 4.74 Å². The van der Waals surface area contributed by atoms with Gasteiger partial charge in [-0.05, 0) is 49.0 Å². The highest BCUT2D eigenvalue weighted by Gasteiger charge is 2.26. The molecule has 0 bridgehead atoms. The van der Waals surface area contributed by atoms with Crippen LogP contribution < -0.4 is 10.2 Å².